The molecule has 150 valence electrons. The third-order valence-corrected chi connectivity index (χ3v) is 5.52. The Bertz CT molecular complexity index is 648. The third-order valence-electron chi connectivity index (χ3n) is 4.02. The largest absolute Gasteiger partial charge is 0.406 e. The van der Waals surface area contributed by atoms with E-state index in [2.05, 4.69) is 27.8 Å². The van der Waals surface area contributed by atoms with Gasteiger partial charge in [-0.05, 0) is 31.9 Å². The molecule has 1 fully saturated rings. The number of hydrogen-bond acceptors (Lipinski definition) is 3. The quantitative estimate of drug-likeness (QED) is 0.519. The second-order valence-corrected chi connectivity index (χ2v) is 8.05. The number of rotatable bonds is 8. The highest BCUT2D eigenvalue weighted by atomic mass is 32.2. The number of thioether (sulfide) groups is 1. The first-order valence-corrected chi connectivity index (χ1v) is 9.62. The number of nitrogens with zero attached hydrogens (tertiary/aromatic N) is 2. The van der Waals surface area contributed by atoms with Crippen LogP contribution in [0.25, 0.3) is 0 Å². The number of halogens is 3. The maximum Gasteiger partial charge on any atom is 0.406 e. The fourth-order valence-corrected chi connectivity index (χ4v) is 3.65. The van der Waals surface area contributed by atoms with Crippen LogP contribution in [0.5, 0.6) is 0 Å². The number of guanidine groups is 1. The van der Waals surface area contributed by atoms with Crippen molar-refractivity contribution in [2.24, 2.45) is 4.99 Å². The van der Waals surface area contributed by atoms with Gasteiger partial charge < -0.3 is 15.5 Å². The van der Waals surface area contributed by atoms with E-state index < -0.39 is 18.6 Å². The van der Waals surface area contributed by atoms with Crippen LogP contribution in [0.2, 0.25) is 0 Å². The molecule has 0 spiro atoms. The molecule has 1 aliphatic rings. The van der Waals surface area contributed by atoms with Gasteiger partial charge in [-0.25, -0.2) is 4.99 Å². The minimum absolute atomic E-state index is 0.0919. The fraction of sp³-hybridized carbons (Fsp3) is 0.556. The van der Waals surface area contributed by atoms with Gasteiger partial charge in [-0.2, -0.15) is 13.2 Å². The molecule has 1 amide bonds. The third kappa shape index (κ3) is 7.70. The van der Waals surface area contributed by atoms with Gasteiger partial charge in [-0.15, -0.1) is 11.8 Å². The summed E-state index contributed by atoms with van der Waals surface area (Å²) in [6, 6.07) is 10.1. The van der Waals surface area contributed by atoms with E-state index in [1.54, 1.807) is 0 Å². The van der Waals surface area contributed by atoms with Crippen LogP contribution in [-0.4, -0.2) is 60.9 Å². The summed E-state index contributed by atoms with van der Waals surface area (Å²) in [5, 5.41) is 6.24. The van der Waals surface area contributed by atoms with Crippen molar-refractivity contribution in [3.8, 4) is 0 Å². The van der Waals surface area contributed by atoms with Gasteiger partial charge in [0.2, 0.25) is 5.91 Å². The molecule has 0 radical (unpaired) electrons. The first-order valence-electron chi connectivity index (χ1n) is 8.80. The van der Waals surface area contributed by atoms with E-state index in [0.29, 0.717) is 23.9 Å². The first kappa shape index (κ1) is 21.4. The van der Waals surface area contributed by atoms with Crippen molar-refractivity contribution in [1.82, 2.24) is 15.5 Å². The molecular weight excluding hydrogens is 377 g/mol. The minimum Gasteiger partial charge on any atom is -0.357 e. The zero-order valence-corrected chi connectivity index (χ0v) is 16.3. The summed E-state index contributed by atoms with van der Waals surface area (Å²) in [5.41, 5.74) is 0. The number of carbonyl (C=O) groups excluding carboxylic acids is 1. The Morgan fingerprint density at radius 1 is 1.26 bits per heavy atom. The van der Waals surface area contributed by atoms with Crippen LogP contribution in [0.15, 0.2) is 40.2 Å². The molecule has 1 aromatic carbocycles. The van der Waals surface area contributed by atoms with Crippen molar-refractivity contribution < 1.29 is 18.0 Å². The van der Waals surface area contributed by atoms with Crippen molar-refractivity contribution in [3.63, 3.8) is 0 Å². The Kier molecular flexibility index (Phi) is 7.41. The zero-order valence-electron chi connectivity index (χ0n) is 15.5. The maximum absolute atomic E-state index is 12.4. The molecule has 0 saturated heterocycles. The maximum atomic E-state index is 12.4. The SMILES string of the molecule is CCNC(=NCC(=O)N(C)CC(F)(F)F)NCC1(Sc2ccccc2)CC1. The summed E-state index contributed by atoms with van der Waals surface area (Å²) in [4.78, 5) is 17.8. The molecule has 1 aliphatic carbocycles. The molecule has 1 saturated carbocycles. The van der Waals surface area contributed by atoms with Crippen molar-refractivity contribution in [1.29, 1.82) is 0 Å². The average Bonchev–Trinajstić information content (AvgIpc) is 3.36. The molecule has 27 heavy (non-hydrogen) atoms. The lowest BCUT2D eigenvalue weighted by molar-refractivity contribution is -0.157. The van der Waals surface area contributed by atoms with Gasteiger partial charge in [0, 0.05) is 29.8 Å². The van der Waals surface area contributed by atoms with Gasteiger partial charge in [0.05, 0.1) is 0 Å². The molecule has 0 aliphatic heterocycles. The number of hydrogen-bond donors (Lipinski definition) is 2. The molecule has 2 N–H and O–H groups in total. The summed E-state index contributed by atoms with van der Waals surface area (Å²) in [5.74, 6) is -0.240. The molecule has 1 aromatic rings. The van der Waals surface area contributed by atoms with E-state index in [-0.39, 0.29) is 11.3 Å². The number of benzene rings is 1. The number of nitrogens with one attached hydrogen (secondary N) is 2. The molecule has 9 heteroatoms. The summed E-state index contributed by atoms with van der Waals surface area (Å²) >= 11 is 1.81. The van der Waals surface area contributed by atoms with Crippen LogP contribution in [0.4, 0.5) is 13.2 Å². The molecule has 0 atom stereocenters. The molecule has 0 aromatic heterocycles. The fourth-order valence-electron chi connectivity index (χ4n) is 2.40. The lowest BCUT2D eigenvalue weighted by atomic mass is 10.4. The van der Waals surface area contributed by atoms with Crippen molar-refractivity contribution >= 4 is 23.6 Å². The van der Waals surface area contributed by atoms with Gasteiger partial charge in [0.25, 0.3) is 0 Å². The molecule has 0 unspecified atom stereocenters. The Morgan fingerprint density at radius 2 is 1.93 bits per heavy atom. The smallest absolute Gasteiger partial charge is 0.357 e. The summed E-state index contributed by atoms with van der Waals surface area (Å²) in [6.07, 6.45) is -2.26. The average molecular weight is 402 g/mol. The summed E-state index contributed by atoms with van der Waals surface area (Å²) < 4.78 is 37.2. The Labute approximate surface area is 161 Å². The Morgan fingerprint density at radius 3 is 2.48 bits per heavy atom. The van der Waals surface area contributed by atoms with Crippen LogP contribution in [0.3, 0.4) is 0 Å². The van der Waals surface area contributed by atoms with E-state index in [1.165, 1.54) is 4.90 Å². The van der Waals surface area contributed by atoms with Crippen LogP contribution < -0.4 is 10.6 Å². The summed E-state index contributed by atoms with van der Waals surface area (Å²) in [6.45, 7) is 1.55. The van der Waals surface area contributed by atoms with Crippen LogP contribution in [-0.2, 0) is 4.79 Å². The number of aliphatic imine (C=N–C) groups is 1. The number of alkyl halides is 3. The van der Waals surface area contributed by atoms with Crippen molar-refractivity contribution in [2.75, 3.05) is 33.2 Å². The van der Waals surface area contributed by atoms with Gasteiger partial charge >= 0.3 is 6.18 Å². The summed E-state index contributed by atoms with van der Waals surface area (Å²) in [7, 11) is 1.13. The Balaban J connectivity index is 1.87. The standard InChI is InChI=1S/C18H25F3N4OS/c1-3-22-16(23-11-15(26)25(2)13-18(19,20)21)24-12-17(9-10-17)27-14-7-5-4-6-8-14/h4-8H,3,9-13H2,1-2H3,(H2,22,23,24). The van der Waals surface area contributed by atoms with Gasteiger partial charge in [0.1, 0.15) is 13.1 Å². The minimum atomic E-state index is -4.41. The molecule has 0 bridgehead atoms. The molecule has 2 rings (SSSR count). The van der Waals surface area contributed by atoms with E-state index in [9.17, 15) is 18.0 Å². The highest BCUT2D eigenvalue weighted by Crippen LogP contribution is 2.51. The van der Waals surface area contributed by atoms with Gasteiger partial charge in [-0.1, -0.05) is 18.2 Å². The molecular formula is C18H25F3N4OS. The van der Waals surface area contributed by atoms with Crippen molar-refractivity contribution in [2.45, 2.75) is 35.6 Å². The first-order chi connectivity index (χ1) is 12.7. The van der Waals surface area contributed by atoms with Gasteiger partial charge in [0.15, 0.2) is 5.96 Å². The topological polar surface area (TPSA) is 56.7 Å². The second-order valence-electron chi connectivity index (χ2n) is 6.51. The van der Waals surface area contributed by atoms with E-state index in [0.717, 1.165) is 19.9 Å². The normalized spacial score (nSPS) is 16.0. The number of carbonyl (C=O) groups is 1. The zero-order chi connectivity index (χ0) is 19.9. The van der Waals surface area contributed by atoms with E-state index in [4.69, 9.17) is 0 Å². The van der Waals surface area contributed by atoms with Crippen molar-refractivity contribution in [3.05, 3.63) is 30.3 Å². The monoisotopic (exact) mass is 402 g/mol. The van der Waals surface area contributed by atoms with Crippen LogP contribution in [0.1, 0.15) is 19.8 Å². The predicted octanol–water partition coefficient (Wildman–Crippen LogP) is 2.89. The lowest BCUT2D eigenvalue weighted by Crippen LogP contribution is -2.42. The van der Waals surface area contributed by atoms with Gasteiger partial charge in [-0.3, -0.25) is 4.79 Å². The number of amides is 1. The second kappa shape index (κ2) is 9.34. The van der Waals surface area contributed by atoms with Crippen LogP contribution >= 0.6 is 11.8 Å². The predicted molar refractivity (Wildman–Crippen MR) is 102 cm³/mol. The lowest BCUT2D eigenvalue weighted by Gasteiger charge is -2.20. The molecule has 5 nitrogen and oxygen atoms in total. The highest BCUT2D eigenvalue weighted by molar-refractivity contribution is 8.01. The van der Waals surface area contributed by atoms with E-state index in [1.807, 2.05) is 36.9 Å². The number of likely N-dealkylation sites (N-methyl/N-ethyl adjacent to an activating group) is 1. The Hall–Kier alpha value is -1.90. The molecule has 0 heterocycles. The highest BCUT2D eigenvalue weighted by Gasteiger charge is 2.43. The van der Waals surface area contributed by atoms with E-state index >= 15 is 0 Å². The van der Waals surface area contributed by atoms with Crippen LogP contribution in [0, 0.1) is 0 Å².